The third-order valence-corrected chi connectivity index (χ3v) is 30.7. The SMILES string of the molecule is CC1CCCN([C@]2(c3ccccc3)CCCCC2=O)C1.CC1CCN([C@]2(c3ccccc3)CCCCC2=O)CC1.CN[C@]1(c2ccccc2C)CCCCC1=O.COCCN[C@]1(c2ccccc2)CCCCC1=O.O=C1CCCC[C@@]1(c1ccccc1)N1CCCCCC1.O=C1CCCC[C@@]1(c1ccccc1)N1CCOCC1.O=C1CCCC[C@]1(NCCO)c1ccccc1. The maximum atomic E-state index is 12.9. The van der Waals surface area contributed by atoms with Crippen LogP contribution in [0.3, 0.4) is 0 Å². The zero-order valence-electron chi connectivity index (χ0n) is 79.6. The van der Waals surface area contributed by atoms with E-state index in [4.69, 9.17) is 14.6 Å². The van der Waals surface area contributed by atoms with E-state index in [1.165, 1.54) is 98.4 Å². The Bertz CT molecular complexity index is 4550. The van der Waals surface area contributed by atoms with Gasteiger partial charge in [0.25, 0.3) is 0 Å². The first-order chi connectivity index (χ1) is 63.4. The third-order valence-electron chi connectivity index (χ3n) is 30.7. The number of ketones is 7. The van der Waals surface area contributed by atoms with Crippen LogP contribution in [0.5, 0.6) is 0 Å². The number of aryl methyl sites for hydroxylation is 1. The van der Waals surface area contributed by atoms with Gasteiger partial charge in [-0.25, -0.2) is 0 Å². The second-order valence-electron chi connectivity index (χ2n) is 38.8. The first kappa shape index (κ1) is 101. The Morgan fingerprint density at radius 2 is 0.646 bits per heavy atom. The zero-order valence-corrected chi connectivity index (χ0v) is 79.6. The van der Waals surface area contributed by atoms with E-state index in [-0.39, 0.29) is 34.5 Å². The number of benzene rings is 7. The van der Waals surface area contributed by atoms with Crippen molar-refractivity contribution >= 4 is 40.5 Å². The third kappa shape index (κ3) is 23.9. The first-order valence-electron chi connectivity index (χ1n) is 50.4. The number of piperidine rings is 2. The van der Waals surface area contributed by atoms with Crippen molar-refractivity contribution in [3.05, 3.63) is 251 Å². The molecule has 7 aromatic rings. The molecule has 7 aromatic carbocycles. The van der Waals surface area contributed by atoms with E-state index in [0.717, 1.165) is 223 Å². The van der Waals surface area contributed by atoms with Crippen LogP contribution in [0.1, 0.15) is 290 Å². The van der Waals surface area contributed by atoms with Gasteiger partial charge in [0, 0.05) is 84.8 Å². The molecule has 11 aliphatic rings. The van der Waals surface area contributed by atoms with E-state index in [0.29, 0.717) is 86.0 Å². The van der Waals surface area contributed by atoms with Crippen LogP contribution >= 0.6 is 0 Å². The van der Waals surface area contributed by atoms with Crippen molar-refractivity contribution in [1.82, 2.24) is 35.6 Å². The summed E-state index contributed by atoms with van der Waals surface area (Å²) in [5.41, 5.74) is 6.48. The second kappa shape index (κ2) is 50.2. The van der Waals surface area contributed by atoms with Crippen LogP contribution in [0.4, 0.5) is 0 Å². The van der Waals surface area contributed by atoms with Gasteiger partial charge in [-0.05, 0) is 231 Å². The van der Waals surface area contributed by atoms with Gasteiger partial charge >= 0.3 is 0 Å². The number of likely N-dealkylation sites (tertiary alicyclic amines) is 3. The number of carbonyl (C=O) groups excluding carboxylic acids is 7. The summed E-state index contributed by atoms with van der Waals surface area (Å²) in [4.78, 5) is 98.1. The molecule has 8 atom stereocenters. The van der Waals surface area contributed by atoms with E-state index < -0.39 is 16.6 Å². The molecule has 18 rings (SSSR count). The Hall–Kier alpha value is -8.17. The fourth-order valence-corrected chi connectivity index (χ4v) is 23.6. The number of likely N-dealkylation sites (N-methyl/N-ethyl adjacent to an activating group) is 1. The van der Waals surface area contributed by atoms with Crippen molar-refractivity contribution in [3.8, 4) is 0 Å². The van der Waals surface area contributed by atoms with Crippen LogP contribution in [0.15, 0.2) is 206 Å². The van der Waals surface area contributed by atoms with Gasteiger partial charge in [0.15, 0.2) is 40.5 Å². The van der Waals surface area contributed by atoms with Crippen molar-refractivity contribution < 1.29 is 48.1 Å². The highest BCUT2D eigenvalue weighted by molar-refractivity contribution is 5.94. The Labute approximate surface area is 778 Å². The lowest BCUT2D eigenvalue weighted by molar-refractivity contribution is -0.139. The quantitative estimate of drug-likeness (QED) is 0.0555. The van der Waals surface area contributed by atoms with Crippen LogP contribution in [0, 0.1) is 18.8 Å². The van der Waals surface area contributed by atoms with E-state index in [1.54, 1.807) is 7.11 Å². The Kier molecular flexibility index (Phi) is 39.0. The Morgan fingerprint density at radius 3 is 0.992 bits per heavy atom. The van der Waals surface area contributed by atoms with Crippen molar-refractivity contribution in [3.63, 3.8) is 0 Å². The van der Waals surface area contributed by atoms with Crippen molar-refractivity contribution in [2.45, 2.75) is 291 Å². The standard InChI is InChI=1S/3C18H25NO.C16H21NO2.C15H21NO2.C14H19NO2.C14H19NO/c1-15-8-7-13-19(14-15)18(12-6-5-11-17(18)20)16-9-3-2-4-10-16;1-15-10-13-19(14-11-15)18(12-6-5-9-17(18)20)16-7-3-2-4-8-16;20-17-12-6-7-13-18(17,16-10-4-3-5-11-16)19-14-8-1-2-9-15-19;18-15-8-4-5-9-16(15,14-6-2-1-3-7-14)17-10-12-19-13-11-17;1-18-12-11-16-15(10-6-5-9-14(15)17)13-7-3-2-4-8-13;16-11-10-15-14(9-5-4-8-13(14)17)12-6-2-1-3-7-12;1-11-7-3-4-8-12(11)14(15-2)10-6-5-9-13(14)16/h2-4,9-10,15H,5-8,11-14H2,1H3;2-4,7-8,15H,5-6,9-14H2,1H3;3-5,10-11H,1-2,6-9,12-15H2;1-3,6-7H,4-5,8-13H2;2-4,7-8,16H,5-6,9-12H2,1H3;1-3,6-7,15-16H,4-5,8-11H2;3-4,7-8,15H,5-6,9-10H2,1-2H3/t15?,18-;2*18-;16-;15-;2*14-/m0000000/s1. The monoisotopic (exact) mass is 1770 g/mol. The number of Topliss-reactive ketones (excluding diaryl/α,β-unsaturated/α-hetero) is 7. The number of hydrogen-bond donors (Lipinski definition) is 4. The van der Waals surface area contributed by atoms with Gasteiger partial charge in [-0.2, -0.15) is 0 Å². The number of methoxy groups -OCH3 is 1. The molecule has 0 aromatic heterocycles. The molecule has 0 spiro atoms. The minimum Gasteiger partial charge on any atom is -0.395 e. The van der Waals surface area contributed by atoms with Crippen molar-refractivity contribution in [1.29, 1.82) is 0 Å². The number of morpholine rings is 1. The molecule has 0 radical (unpaired) electrons. The second-order valence-corrected chi connectivity index (χ2v) is 38.8. The van der Waals surface area contributed by atoms with Crippen LogP contribution in [0.2, 0.25) is 0 Å². The smallest absolute Gasteiger partial charge is 0.157 e. The molecule has 1 unspecified atom stereocenters. The summed E-state index contributed by atoms with van der Waals surface area (Å²) in [7, 11) is 3.58. The molecular weight excluding hydrogens is 1620 g/mol. The van der Waals surface area contributed by atoms with Crippen molar-refractivity contribution in [2.24, 2.45) is 11.8 Å². The molecule has 17 heteroatoms. The number of rotatable bonds is 19. The highest BCUT2D eigenvalue weighted by Gasteiger charge is 2.52. The maximum Gasteiger partial charge on any atom is 0.157 e. The topological polar surface area (TPSA) is 207 Å². The molecule has 4 N–H and O–H groups in total. The summed E-state index contributed by atoms with van der Waals surface area (Å²) in [5, 5.41) is 18.9. The fraction of sp³-hybridized carbons (Fsp3) is 0.566. The molecule has 130 heavy (non-hydrogen) atoms. The van der Waals surface area contributed by atoms with E-state index >= 15 is 0 Å². The maximum absolute atomic E-state index is 12.9. The van der Waals surface area contributed by atoms with E-state index in [2.05, 4.69) is 153 Å². The van der Waals surface area contributed by atoms with E-state index in [1.807, 2.05) is 116 Å². The molecule has 7 saturated carbocycles. The van der Waals surface area contributed by atoms with Gasteiger partial charge in [0.1, 0.15) is 38.8 Å². The summed E-state index contributed by atoms with van der Waals surface area (Å²) >= 11 is 0. The number of ether oxygens (including phenoxy) is 2. The minimum absolute atomic E-state index is 0.0574. The number of nitrogens with one attached hydrogen (secondary N) is 3. The van der Waals surface area contributed by atoms with Gasteiger partial charge in [-0.15, -0.1) is 0 Å². The lowest BCUT2D eigenvalue weighted by atomic mass is 9.73. The first-order valence-corrected chi connectivity index (χ1v) is 50.4. The number of aliphatic hydroxyl groups excluding tert-OH is 1. The Morgan fingerprint density at radius 1 is 0.331 bits per heavy atom. The van der Waals surface area contributed by atoms with Gasteiger partial charge in [0.05, 0.1) is 26.4 Å². The van der Waals surface area contributed by atoms with Gasteiger partial charge in [-0.1, -0.05) is 278 Å². The average molecular weight is 1770 g/mol. The molecule has 11 fully saturated rings. The summed E-state index contributed by atoms with van der Waals surface area (Å²) in [6, 6.07) is 70.0. The summed E-state index contributed by atoms with van der Waals surface area (Å²) < 4.78 is 10.5. The number of aliphatic hydroxyl groups is 1. The number of carbonyl (C=O) groups is 7. The molecule has 0 bridgehead atoms. The largest absolute Gasteiger partial charge is 0.395 e. The molecule has 4 saturated heterocycles. The molecule has 4 aliphatic heterocycles. The van der Waals surface area contributed by atoms with Crippen molar-refractivity contribution in [2.75, 3.05) is 106 Å². The zero-order chi connectivity index (χ0) is 91.6. The van der Waals surface area contributed by atoms with Crippen LogP contribution < -0.4 is 16.0 Å². The van der Waals surface area contributed by atoms with Gasteiger partial charge < -0.3 is 19.9 Å². The van der Waals surface area contributed by atoms with Gasteiger partial charge in [0.2, 0.25) is 0 Å². The number of nitrogens with zero attached hydrogens (tertiary/aromatic N) is 4. The minimum atomic E-state index is -0.567. The fourth-order valence-electron chi connectivity index (χ4n) is 23.6. The number of hydrogen-bond acceptors (Lipinski definition) is 17. The van der Waals surface area contributed by atoms with E-state index in [9.17, 15) is 33.6 Å². The molecule has 0 amide bonds. The van der Waals surface area contributed by atoms with Gasteiger partial charge in [-0.3, -0.25) is 63.8 Å². The molecule has 702 valence electrons. The molecule has 17 nitrogen and oxygen atoms in total. The lowest BCUT2D eigenvalue weighted by Crippen LogP contribution is -2.57. The Balaban J connectivity index is 0.000000137. The molecule has 7 aliphatic carbocycles. The van der Waals surface area contributed by atoms with Crippen LogP contribution in [-0.4, -0.2) is 171 Å². The highest BCUT2D eigenvalue weighted by Crippen LogP contribution is 2.47. The summed E-state index contributed by atoms with van der Waals surface area (Å²) in [5.74, 6) is 4.17. The summed E-state index contributed by atoms with van der Waals surface area (Å²) in [6.45, 7) is 18.2. The summed E-state index contributed by atoms with van der Waals surface area (Å²) in [6.07, 6.45) is 36.9. The van der Waals surface area contributed by atoms with Crippen LogP contribution in [0.25, 0.3) is 0 Å². The predicted octanol–water partition coefficient (Wildman–Crippen LogP) is 20.2. The lowest BCUT2D eigenvalue weighted by Gasteiger charge is -2.48. The van der Waals surface area contributed by atoms with Crippen LogP contribution in [-0.2, 0) is 81.8 Å². The molecular formula is C113H155N7O10. The predicted molar refractivity (Wildman–Crippen MR) is 522 cm³/mol. The highest BCUT2D eigenvalue weighted by atomic mass is 16.5. The average Bonchev–Trinajstić information content (AvgIpc) is 0.817. The molecule has 4 heterocycles. The normalized spacial score (nSPS) is 28.0.